The van der Waals surface area contributed by atoms with E-state index in [1.807, 2.05) is 6.92 Å². The van der Waals surface area contributed by atoms with Gasteiger partial charge in [-0.15, -0.1) is 0 Å². The van der Waals surface area contributed by atoms with Crippen molar-refractivity contribution >= 4 is 0 Å². The minimum absolute atomic E-state index is 0.0789. The highest BCUT2D eigenvalue weighted by atomic mass is 14.9. The molecule has 0 amide bonds. The molecule has 0 fully saturated rings. The minimum Gasteiger partial charge on any atom is -0.322 e. The first-order valence-electron chi connectivity index (χ1n) is 7.96. The fraction of sp³-hybridized carbons (Fsp3) is 0.421. The molecule has 0 bridgehead atoms. The van der Waals surface area contributed by atoms with Crippen molar-refractivity contribution in [2.24, 2.45) is 5.73 Å². The molecule has 1 atom stereocenters. The van der Waals surface area contributed by atoms with E-state index in [1.54, 1.807) is 0 Å². The van der Waals surface area contributed by atoms with Crippen molar-refractivity contribution in [2.45, 2.75) is 46.2 Å². The smallest absolute Gasteiger partial charge is 0.0597 e. The first-order chi connectivity index (χ1) is 10.5. The first kappa shape index (κ1) is 16.7. The van der Waals surface area contributed by atoms with Crippen LogP contribution >= 0.6 is 0 Å². The summed E-state index contributed by atoms with van der Waals surface area (Å²) in [6.07, 6.45) is 0. The molecule has 2 aromatic rings. The zero-order valence-electron chi connectivity index (χ0n) is 14.1. The van der Waals surface area contributed by atoms with Gasteiger partial charge < -0.3 is 11.1 Å². The lowest BCUT2D eigenvalue weighted by Gasteiger charge is -2.16. The highest BCUT2D eigenvalue weighted by molar-refractivity contribution is 5.29. The molecule has 2 rings (SSSR count). The number of benzene rings is 1. The van der Waals surface area contributed by atoms with Crippen LogP contribution in [-0.2, 0) is 6.54 Å². The number of nitrogens with two attached hydrogens (primary N) is 1. The number of hydrogen-bond donors (Lipinski definition) is 2. The molecule has 1 heterocycles. The molecule has 118 valence electrons. The first-order valence-corrected chi connectivity index (χ1v) is 7.96. The topological polar surface area (TPSA) is 50.9 Å². The monoisotopic (exact) mass is 297 g/mol. The van der Waals surface area contributed by atoms with Gasteiger partial charge in [0.25, 0.3) is 0 Å². The third kappa shape index (κ3) is 4.39. The number of hydrogen-bond acceptors (Lipinski definition) is 3. The number of rotatable bonds is 6. The van der Waals surface area contributed by atoms with Crippen LogP contribution in [0.2, 0.25) is 0 Å². The van der Waals surface area contributed by atoms with Crippen molar-refractivity contribution in [2.75, 3.05) is 6.54 Å². The Morgan fingerprint density at radius 3 is 2.55 bits per heavy atom. The molecule has 3 N–H and O–H groups in total. The van der Waals surface area contributed by atoms with Crippen LogP contribution in [0.25, 0.3) is 0 Å². The van der Waals surface area contributed by atoms with E-state index in [9.17, 15) is 0 Å². The maximum atomic E-state index is 6.27. The van der Waals surface area contributed by atoms with E-state index in [1.165, 1.54) is 16.7 Å². The molecule has 0 aliphatic rings. The van der Waals surface area contributed by atoms with Crippen molar-refractivity contribution < 1.29 is 0 Å². The van der Waals surface area contributed by atoms with E-state index < -0.39 is 0 Å². The van der Waals surface area contributed by atoms with Crippen molar-refractivity contribution in [1.29, 1.82) is 0 Å². The number of nitrogens with zero attached hydrogens (tertiary/aromatic N) is 1. The molecule has 22 heavy (non-hydrogen) atoms. The molecule has 1 aromatic carbocycles. The van der Waals surface area contributed by atoms with Gasteiger partial charge in [0.2, 0.25) is 0 Å². The lowest BCUT2D eigenvalue weighted by molar-refractivity contribution is 0.583. The van der Waals surface area contributed by atoms with Gasteiger partial charge in [0.1, 0.15) is 0 Å². The van der Waals surface area contributed by atoms with Gasteiger partial charge in [-0.05, 0) is 48.6 Å². The lowest BCUT2D eigenvalue weighted by atomic mass is 9.97. The molecular formula is C19H27N3. The number of pyridine rings is 1. The molecular weight excluding hydrogens is 270 g/mol. The maximum absolute atomic E-state index is 6.27. The van der Waals surface area contributed by atoms with Gasteiger partial charge in [0.15, 0.2) is 0 Å². The standard InChI is InChI=1S/C19H27N3/c1-13(2)17-8-6-5-7-16(17)11-21-12-18(20)19-10-14(3)9-15(4)22-19/h5-10,13,18,21H,11-12,20H2,1-4H3. The van der Waals surface area contributed by atoms with Crippen LogP contribution in [0.1, 0.15) is 53.9 Å². The highest BCUT2D eigenvalue weighted by Crippen LogP contribution is 2.19. The molecule has 1 unspecified atom stereocenters. The quantitative estimate of drug-likeness (QED) is 0.856. The van der Waals surface area contributed by atoms with Gasteiger partial charge in [-0.2, -0.15) is 0 Å². The Kier molecular flexibility index (Phi) is 5.69. The van der Waals surface area contributed by atoms with Gasteiger partial charge in [0.05, 0.1) is 11.7 Å². The van der Waals surface area contributed by atoms with Gasteiger partial charge in [-0.3, -0.25) is 4.98 Å². The Bertz CT molecular complexity index is 600. The molecule has 0 aliphatic heterocycles. The third-order valence-electron chi connectivity index (χ3n) is 3.85. The van der Waals surface area contributed by atoms with E-state index in [4.69, 9.17) is 5.73 Å². The van der Waals surface area contributed by atoms with Crippen LogP contribution in [0.15, 0.2) is 36.4 Å². The third-order valence-corrected chi connectivity index (χ3v) is 3.85. The second-order valence-electron chi connectivity index (χ2n) is 6.30. The van der Waals surface area contributed by atoms with Crippen LogP contribution < -0.4 is 11.1 Å². The highest BCUT2D eigenvalue weighted by Gasteiger charge is 2.10. The van der Waals surface area contributed by atoms with Crippen molar-refractivity contribution in [3.05, 3.63) is 64.5 Å². The molecule has 0 aliphatic carbocycles. The molecule has 0 spiro atoms. The zero-order chi connectivity index (χ0) is 16.1. The normalized spacial score (nSPS) is 12.6. The second kappa shape index (κ2) is 7.52. The van der Waals surface area contributed by atoms with Crippen molar-refractivity contribution in [1.82, 2.24) is 10.3 Å². The van der Waals surface area contributed by atoms with E-state index in [2.05, 4.69) is 67.5 Å². The summed E-state index contributed by atoms with van der Waals surface area (Å²) in [6, 6.07) is 12.6. The summed E-state index contributed by atoms with van der Waals surface area (Å²) in [5, 5.41) is 3.47. The van der Waals surface area contributed by atoms with Crippen LogP contribution in [0.3, 0.4) is 0 Å². The molecule has 3 nitrogen and oxygen atoms in total. The number of nitrogens with one attached hydrogen (secondary N) is 1. The minimum atomic E-state index is -0.0789. The molecule has 0 radical (unpaired) electrons. The molecule has 0 saturated carbocycles. The summed E-state index contributed by atoms with van der Waals surface area (Å²) < 4.78 is 0. The average molecular weight is 297 g/mol. The lowest BCUT2D eigenvalue weighted by Crippen LogP contribution is -2.28. The van der Waals surface area contributed by atoms with Gasteiger partial charge in [-0.1, -0.05) is 38.1 Å². The van der Waals surface area contributed by atoms with Crippen molar-refractivity contribution in [3.8, 4) is 0 Å². The Morgan fingerprint density at radius 2 is 1.86 bits per heavy atom. The molecule has 1 aromatic heterocycles. The van der Waals surface area contributed by atoms with Gasteiger partial charge >= 0.3 is 0 Å². The summed E-state index contributed by atoms with van der Waals surface area (Å²) in [5.41, 5.74) is 12.2. The summed E-state index contributed by atoms with van der Waals surface area (Å²) in [6.45, 7) is 10.1. The fourth-order valence-corrected chi connectivity index (χ4v) is 2.79. The van der Waals surface area contributed by atoms with Crippen LogP contribution in [0.5, 0.6) is 0 Å². The summed E-state index contributed by atoms with van der Waals surface area (Å²) in [4.78, 5) is 4.54. The van der Waals surface area contributed by atoms with Crippen LogP contribution in [0.4, 0.5) is 0 Å². The summed E-state index contributed by atoms with van der Waals surface area (Å²) >= 11 is 0. The molecule has 0 saturated heterocycles. The zero-order valence-corrected chi connectivity index (χ0v) is 14.1. The van der Waals surface area contributed by atoms with E-state index in [-0.39, 0.29) is 6.04 Å². The average Bonchev–Trinajstić information content (AvgIpc) is 2.46. The Balaban J connectivity index is 1.96. The Labute approximate surface area is 134 Å². The Hall–Kier alpha value is -1.71. The Morgan fingerprint density at radius 1 is 1.14 bits per heavy atom. The number of aromatic nitrogens is 1. The summed E-state index contributed by atoms with van der Waals surface area (Å²) in [5.74, 6) is 0.535. The van der Waals surface area contributed by atoms with E-state index in [0.29, 0.717) is 5.92 Å². The van der Waals surface area contributed by atoms with Gasteiger partial charge in [0, 0.05) is 18.8 Å². The largest absolute Gasteiger partial charge is 0.322 e. The maximum Gasteiger partial charge on any atom is 0.0597 e. The second-order valence-corrected chi connectivity index (χ2v) is 6.30. The number of aryl methyl sites for hydroxylation is 2. The van der Waals surface area contributed by atoms with Crippen LogP contribution in [-0.4, -0.2) is 11.5 Å². The van der Waals surface area contributed by atoms with E-state index >= 15 is 0 Å². The van der Waals surface area contributed by atoms with E-state index in [0.717, 1.165) is 24.5 Å². The van der Waals surface area contributed by atoms with Gasteiger partial charge in [-0.25, -0.2) is 0 Å². The van der Waals surface area contributed by atoms with Crippen molar-refractivity contribution in [3.63, 3.8) is 0 Å². The fourth-order valence-electron chi connectivity index (χ4n) is 2.79. The predicted octanol–water partition coefficient (Wildman–Crippen LogP) is 3.61. The summed E-state index contributed by atoms with van der Waals surface area (Å²) in [7, 11) is 0. The van der Waals surface area contributed by atoms with Crippen LogP contribution in [0, 0.1) is 13.8 Å². The molecule has 3 heteroatoms. The SMILES string of the molecule is Cc1cc(C)nc(C(N)CNCc2ccccc2C(C)C)c1. The predicted molar refractivity (Wildman–Crippen MR) is 92.9 cm³/mol.